The van der Waals surface area contributed by atoms with Gasteiger partial charge in [-0.3, -0.25) is 0 Å². The molecule has 0 unspecified atom stereocenters. The predicted octanol–water partition coefficient (Wildman–Crippen LogP) is 4.04. The van der Waals surface area contributed by atoms with E-state index in [1.807, 2.05) is 0 Å². The van der Waals surface area contributed by atoms with Crippen molar-refractivity contribution in [2.45, 2.75) is 13.5 Å². The van der Waals surface area contributed by atoms with E-state index < -0.39 is 7.92 Å². The molecule has 0 amide bonds. The van der Waals surface area contributed by atoms with E-state index in [4.69, 9.17) is 0 Å². The summed E-state index contributed by atoms with van der Waals surface area (Å²) in [5.41, 5.74) is 1.42. The van der Waals surface area contributed by atoms with Crippen molar-refractivity contribution in [2.75, 3.05) is 20.6 Å². The summed E-state index contributed by atoms with van der Waals surface area (Å²) < 4.78 is 1.01. The summed E-state index contributed by atoms with van der Waals surface area (Å²) in [5.74, 6) is 0. The zero-order valence-electron chi connectivity index (χ0n) is 15.4. The van der Waals surface area contributed by atoms with Gasteiger partial charge in [-0.05, 0) is 36.8 Å². The lowest BCUT2D eigenvalue weighted by Crippen LogP contribution is -2.38. The molecule has 0 spiro atoms. The lowest BCUT2D eigenvalue weighted by atomic mass is 10.2. The van der Waals surface area contributed by atoms with Gasteiger partial charge in [-0.15, -0.1) is 0 Å². The third-order valence-corrected chi connectivity index (χ3v) is 7.09. The third-order valence-electron chi connectivity index (χ3n) is 4.66. The molecule has 0 aliphatic rings. The molecule has 1 nitrogen and oxygen atoms in total. The van der Waals surface area contributed by atoms with Crippen LogP contribution >= 0.6 is 7.92 Å². The molecule has 128 valence electrons. The second-order valence-corrected chi connectivity index (χ2v) is 9.31. The molecule has 25 heavy (non-hydrogen) atoms. The highest BCUT2D eigenvalue weighted by molar-refractivity contribution is 7.79. The summed E-state index contributed by atoms with van der Waals surface area (Å²) >= 11 is 0. The molecule has 0 saturated heterocycles. The Labute approximate surface area is 153 Å². The summed E-state index contributed by atoms with van der Waals surface area (Å²) in [6, 6.07) is 31.0. The minimum atomic E-state index is -0.515. The van der Waals surface area contributed by atoms with Crippen LogP contribution < -0.4 is 15.9 Å². The SMILES string of the molecule is CC[N+](C)(C)Cc1cccc(P(c2ccccc2)c2ccccc2)c1. The Morgan fingerprint density at radius 3 is 1.72 bits per heavy atom. The van der Waals surface area contributed by atoms with E-state index in [0.717, 1.165) is 17.6 Å². The molecule has 0 atom stereocenters. The quantitative estimate of drug-likeness (QED) is 0.466. The van der Waals surface area contributed by atoms with Crippen molar-refractivity contribution in [1.29, 1.82) is 0 Å². The maximum atomic E-state index is 2.42. The Morgan fingerprint density at radius 1 is 0.680 bits per heavy atom. The third kappa shape index (κ3) is 4.57. The van der Waals surface area contributed by atoms with Crippen LogP contribution in [-0.2, 0) is 6.54 Å². The molecular formula is C23H27NP+. The lowest BCUT2D eigenvalue weighted by molar-refractivity contribution is -0.901. The van der Waals surface area contributed by atoms with Gasteiger partial charge in [0.1, 0.15) is 6.54 Å². The highest BCUT2D eigenvalue weighted by atomic mass is 31.1. The van der Waals surface area contributed by atoms with Gasteiger partial charge >= 0.3 is 0 Å². The highest BCUT2D eigenvalue weighted by Gasteiger charge is 2.18. The number of quaternary nitrogens is 1. The Kier molecular flexibility index (Phi) is 5.68. The van der Waals surface area contributed by atoms with Gasteiger partial charge in [-0.1, -0.05) is 78.9 Å². The van der Waals surface area contributed by atoms with E-state index >= 15 is 0 Å². The zero-order chi connectivity index (χ0) is 17.7. The smallest absolute Gasteiger partial charge is 0.104 e. The molecule has 2 heteroatoms. The van der Waals surface area contributed by atoms with Crippen LogP contribution in [0.5, 0.6) is 0 Å². The van der Waals surface area contributed by atoms with Crippen LogP contribution in [0.2, 0.25) is 0 Å². The van der Waals surface area contributed by atoms with Crippen molar-refractivity contribution in [2.24, 2.45) is 0 Å². The molecule has 0 radical (unpaired) electrons. The average molecular weight is 348 g/mol. The molecule has 0 heterocycles. The topological polar surface area (TPSA) is 0 Å². The Morgan fingerprint density at radius 2 is 1.20 bits per heavy atom. The van der Waals surface area contributed by atoms with Crippen LogP contribution in [0.3, 0.4) is 0 Å². The molecule has 3 rings (SSSR count). The van der Waals surface area contributed by atoms with E-state index in [2.05, 4.69) is 106 Å². The van der Waals surface area contributed by atoms with Gasteiger partial charge in [0.25, 0.3) is 0 Å². The number of hydrogen-bond acceptors (Lipinski definition) is 0. The van der Waals surface area contributed by atoms with Gasteiger partial charge in [0.05, 0.1) is 20.6 Å². The van der Waals surface area contributed by atoms with Crippen molar-refractivity contribution in [3.8, 4) is 0 Å². The van der Waals surface area contributed by atoms with E-state index in [9.17, 15) is 0 Å². The van der Waals surface area contributed by atoms with Crippen molar-refractivity contribution in [1.82, 2.24) is 0 Å². The van der Waals surface area contributed by atoms with E-state index in [0.29, 0.717) is 0 Å². The van der Waals surface area contributed by atoms with Gasteiger partial charge in [0, 0.05) is 5.56 Å². The maximum absolute atomic E-state index is 2.42. The van der Waals surface area contributed by atoms with Gasteiger partial charge in [0.2, 0.25) is 0 Å². The summed E-state index contributed by atoms with van der Waals surface area (Å²) in [6.45, 7) is 4.46. The second-order valence-electron chi connectivity index (χ2n) is 7.09. The van der Waals surface area contributed by atoms with Crippen LogP contribution in [-0.4, -0.2) is 25.1 Å². The fourth-order valence-corrected chi connectivity index (χ4v) is 5.37. The monoisotopic (exact) mass is 348 g/mol. The summed E-state index contributed by atoms with van der Waals surface area (Å²) in [5, 5.41) is 4.25. The Hall–Kier alpha value is -1.95. The van der Waals surface area contributed by atoms with E-state index in [1.165, 1.54) is 21.5 Å². The average Bonchev–Trinajstić information content (AvgIpc) is 2.64. The molecule has 0 saturated carbocycles. The highest BCUT2D eigenvalue weighted by Crippen LogP contribution is 2.32. The van der Waals surface area contributed by atoms with Crippen molar-refractivity contribution < 1.29 is 4.48 Å². The van der Waals surface area contributed by atoms with Crippen LogP contribution in [0, 0.1) is 0 Å². The lowest BCUT2D eigenvalue weighted by Gasteiger charge is -2.28. The molecule has 3 aromatic rings. The zero-order valence-corrected chi connectivity index (χ0v) is 16.3. The molecule has 0 N–H and O–H groups in total. The molecule has 0 aliphatic carbocycles. The normalized spacial score (nSPS) is 11.7. The molecular weight excluding hydrogens is 321 g/mol. The van der Waals surface area contributed by atoms with E-state index in [-0.39, 0.29) is 0 Å². The number of hydrogen-bond donors (Lipinski definition) is 0. The largest absolute Gasteiger partial charge is 0.325 e. The van der Waals surface area contributed by atoms with Gasteiger partial charge in [0.15, 0.2) is 0 Å². The summed E-state index contributed by atoms with van der Waals surface area (Å²) in [4.78, 5) is 0. The molecule has 0 aliphatic heterocycles. The van der Waals surface area contributed by atoms with Crippen molar-refractivity contribution in [3.63, 3.8) is 0 Å². The molecule has 3 aromatic carbocycles. The van der Waals surface area contributed by atoms with Crippen LogP contribution in [0.25, 0.3) is 0 Å². The minimum Gasteiger partial charge on any atom is -0.325 e. The number of nitrogens with zero attached hydrogens (tertiary/aromatic N) is 1. The fraction of sp³-hybridized carbons (Fsp3) is 0.217. The van der Waals surface area contributed by atoms with Gasteiger partial charge < -0.3 is 4.48 Å². The fourth-order valence-electron chi connectivity index (χ4n) is 3.00. The minimum absolute atomic E-state index is 0.515. The van der Waals surface area contributed by atoms with Crippen molar-refractivity contribution in [3.05, 3.63) is 90.5 Å². The predicted molar refractivity (Wildman–Crippen MR) is 112 cm³/mol. The summed E-state index contributed by atoms with van der Waals surface area (Å²) in [7, 11) is 4.08. The van der Waals surface area contributed by atoms with Gasteiger partial charge in [-0.2, -0.15) is 0 Å². The van der Waals surface area contributed by atoms with Gasteiger partial charge in [-0.25, -0.2) is 0 Å². The molecule has 0 fully saturated rings. The first-order valence-corrected chi connectivity index (χ1v) is 10.2. The second kappa shape index (κ2) is 7.95. The Bertz CT molecular complexity index is 757. The maximum Gasteiger partial charge on any atom is 0.104 e. The summed E-state index contributed by atoms with van der Waals surface area (Å²) in [6.07, 6.45) is 0. The van der Waals surface area contributed by atoms with Crippen LogP contribution in [0.4, 0.5) is 0 Å². The van der Waals surface area contributed by atoms with Crippen LogP contribution in [0.1, 0.15) is 12.5 Å². The number of rotatable bonds is 6. The molecule has 0 aromatic heterocycles. The number of benzene rings is 3. The van der Waals surface area contributed by atoms with Crippen LogP contribution in [0.15, 0.2) is 84.9 Å². The first kappa shape index (κ1) is 17.9. The first-order chi connectivity index (χ1) is 12.1. The first-order valence-electron chi connectivity index (χ1n) is 8.90. The standard InChI is InChI=1S/C23H27NP/c1-4-24(2,3)19-20-12-11-17-23(18-20)25(21-13-7-5-8-14-21)22-15-9-6-10-16-22/h5-18H,4,19H2,1-3H3/q+1. The molecule has 0 bridgehead atoms. The van der Waals surface area contributed by atoms with E-state index in [1.54, 1.807) is 0 Å². The van der Waals surface area contributed by atoms with Crippen molar-refractivity contribution >= 4 is 23.8 Å². The Balaban J connectivity index is 2.03.